The number of halogens is 1. The van der Waals surface area contributed by atoms with E-state index in [1.165, 1.54) is 0 Å². The summed E-state index contributed by atoms with van der Waals surface area (Å²) in [5.41, 5.74) is 1.54. The zero-order chi connectivity index (χ0) is 11.5. The van der Waals surface area contributed by atoms with Gasteiger partial charge in [-0.2, -0.15) is 4.98 Å². The van der Waals surface area contributed by atoms with E-state index in [0.717, 1.165) is 6.20 Å². The maximum absolute atomic E-state index is 13.2. The number of aromatic nitrogens is 2. The second kappa shape index (κ2) is 4.37. The summed E-state index contributed by atoms with van der Waals surface area (Å²) in [6, 6.07) is 0. The van der Waals surface area contributed by atoms with Crippen LogP contribution in [0.3, 0.4) is 0 Å². The number of nitrogen functional groups attached to an aromatic ring is 1. The van der Waals surface area contributed by atoms with Crippen LogP contribution in [0.2, 0.25) is 0 Å². The average Bonchev–Trinajstić information content (AvgIpc) is 2.21. The van der Waals surface area contributed by atoms with Crippen molar-refractivity contribution in [2.45, 2.75) is 19.4 Å². The van der Waals surface area contributed by atoms with Crippen molar-refractivity contribution in [3.05, 3.63) is 12.0 Å². The summed E-state index contributed by atoms with van der Waals surface area (Å²) >= 11 is 0. The number of hydrogen-bond acceptors (Lipinski definition) is 6. The monoisotopic (exact) mass is 215 g/mol. The highest BCUT2D eigenvalue weighted by Crippen LogP contribution is 2.16. The lowest BCUT2D eigenvalue weighted by atomic mass is 10.1. The molecule has 15 heavy (non-hydrogen) atoms. The lowest BCUT2D eigenvalue weighted by Gasteiger charge is -2.24. The van der Waals surface area contributed by atoms with E-state index < -0.39 is 11.4 Å². The summed E-state index contributed by atoms with van der Waals surface area (Å²) in [4.78, 5) is 7.37. The highest BCUT2D eigenvalue weighted by molar-refractivity contribution is 5.42. The Morgan fingerprint density at radius 2 is 2.27 bits per heavy atom. The Kier molecular flexibility index (Phi) is 3.38. The van der Waals surface area contributed by atoms with Gasteiger partial charge in [-0.1, -0.05) is 0 Å². The highest BCUT2D eigenvalue weighted by Gasteiger charge is 2.19. The van der Waals surface area contributed by atoms with Crippen LogP contribution in [0.25, 0.3) is 0 Å². The third-order valence-corrected chi connectivity index (χ3v) is 1.73. The van der Waals surface area contributed by atoms with E-state index in [2.05, 4.69) is 20.7 Å². The number of nitrogens with zero attached hydrogens (tertiary/aromatic N) is 2. The Morgan fingerprint density at radius 3 is 2.80 bits per heavy atom. The van der Waals surface area contributed by atoms with E-state index in [0.29, 0.717) is 0 Å². The third-order valence-electron chi connectivity index (χ3n) is 1.73. The number of nitrogens with two attached hydrogens (primary N) is 1. The van der Waals surface area contributed by atoms with Gasteiger partial charge in [0.2, 0.25) is 5.95 Å². The molecule has 0 radical (unpaired) electrons. The summed E-state index contributed by atoms with van der Waals surface area (Å²) in [5.74, 6) is 4.59. The molecule has 0 saturated carbocycles. The van der Waals surface area contributed by atoms with E-state index in [1.807, 2.05) is 0 Å². The van der Waals surface area contributed by atoms with Crippen LogP contribution in [0.4, 0.5) is 16.2 Å². The molecule has 0 unspecified atom stereocenters. The van der Waals surface area contributed by atoms with E-state index in [1.54, 1.807) is 13.8 Å². The molecular weight excluding hydrogens is 201 g/mol. The largest absolute Gasteiger partial charge is 0.394 e. The van der Waals surface area contributed by atoms with Gasteiger partial charge in [-0.05, 0) is 13.8 Å². The lowest BCUT2D eigenvalue weighted by molar-refractivity contribution is 0.233. The minimum atomic E-state index is -0.666. The van der Waals surface area contributed by atoms with Gasteiger partial charge in [-0.25, -0.2) is 15.2 Å². The molecule has 6 nitrogen and oxygen atoms in total. The molecule has 1 heterocycles. The molecule has 84 valence electrons. The molecule has 0 saturated heterocycles. The van der Waals surface area contributed by atoms with Gasteiger partial charge in [-0.15, -0.1) is 0 Å². The lowest BCUT2D eigenvalue weighted by Crippen LogP contribution is -2.35. The van der Waals surface area contributed by atoms with E-state index in [-0.39, 0.29) is 18.4 Å². The minimum absolute atomic E-state index is 0.00278. The van der Waals surface area contributed by atoms with Crippen LogP contribution in [0.15, 0.2) is 6.20 Å². The zero-order valence-corrected chi connectivity index (χ0v) is 8.58. The topological polar surface area (TPSA) is 96.1 Å². The molecule has 1 aromatic heterocycles. The standard InChI is InChI=1S/C8H14FN5O/c1-8(2,4-15)13-6-5(9)3-11-7(12-6)14-10/h3,15H,4,10H2,1-2H3,(H2,11,12,13,14). The number of hydrogen-bond donors (Lipinski definition) is 4. The summed E-state index contributed by atoms with van der Waals surface area (Å²) in [6.07, 6.45) is 0.998. The fourth-order valence-electron chi connectivity index (χ4n) is 0.884. The second-order valence-corrected chi connectivity index (χ2v) is 3.70. The van der Waals surface area contributed by atoms with E-state index in [9.17, 15) is 4.39 Å². The van der Waals surface area contributed by atoms with Gasteiger partial charge >= 0.3 is 0 Å². The maximum Gasteiger partial charge on any atom is 0.239 e. The van der Waals surface area contributed by atoms with Crippen molar-refractivity contribution in [3.63, 3.8) is 0 Å². The fraction of sp³-hybridized carbons (Fsp3) is 0.500. The maximum atomic E-state index is 13.2. The Hall–Kier alpha value is -1.47. The van der Waals surface area contributed by atoms with Crippen molar-refractivity contribution in [2.75, 3.05) is 17.3 Å². The minimum Gasteiger partial charge on any atom is -0.394 e. The van der Waals surface area contributed by atoms with Crippen molar-refractivity contribution in [2.24, 2.45) is 5.84 Å². The SMILES string of the molecule is CC(C)(CO)Nc1nc(NN)ncc1F. The van der Waals surface area contributed by atoms with Crippen LogP contribution in [0.1, 0.15) is 13.8 Å². The van der Waals surface area contributed by atoms with Crippen molar-refractivity contribution < 1.29 is 9.50 Å². The van der Waals surface area contributed by atoms with Crippen molar-refractivity contribution in [1.29, 1.82) is 0 Å². The summed E-state index contributed by atoms with van der Waals surface area (Å²) in [7, 11) is 0. The molecule has 0 aliphatic heterocycles. The molecule has 0 atom stereocenters. The first-order valence-corrected chi connectivity index (χ1v) is 4.37. The molecule has 7 heteroatoms. The second-order valence-electron chi connectivity index (χ2n) is 3.70. The van der Waals surface area contributed by atoms with Gasteiger partial charge in [0.25, 0.3) is 0 Å². The average molecular weight is 215 g/mol. The number of hydrazine groups is 1. The highest BCUT2D eigenvalue weighted by atomic mass is 19.1. The quantitative estimate of drug-likeness (QED) is 0.420. The van der Waals surface area contributed by atoms with E-state index >= 15 is 0 Å². The number of aliphatic hydroxyl groups excluding tert-OH is 1. The molecule has 0 bridgehead atoms. The number of rotatable bonds is 4. The Bertz CT molecular complexity index is 344. The first-order valence-electron chi connectivity index (χ1n) is 4.37. The predicted molar refractivity (Wildman–Crippen MR) is 54.6 cm³/mol. The predicted octanol–water partition coefficient (Wildman–Crippen LogP) is 0.0841. The van der Waals surface area contributed by atoms with Gasteiger partial charge < -0.3 is 10.4 Å². The third kappa shape index (κ3) is 3.00. The molecular formula is C8H14FN5O. The fourth-order valence-corrected chi connectivity index (χ4v) is 0.884. The van der Waals surface area contributed by atoms with Crippen LogP contribution < -0.4 is 16.6 Å². The van der Waals surface area contributed by atoms with Crippen LogP contribution in [0, 0.1) is 5.82 Å². The van der Waals surface area contributed by atoms with Crippen LogP contribution in [-0.4, -0.2) is 27.2 Å². The molecule has 0 fully saturated rings. The first-order chi connectivity index (χ1) is 6.98. The zero-order valence-electron chi connectivity index (χ0n) is 8.58. The van der Waals surface area contributed by atoms with Gasteiger partial charge in [0.15, 0.2) is 11.6 Å². The molecule has 0 aliphatic rings. The molecule has 0 amide bonds. The van der Waals surface area contributed by atoms with E-state index in [4.69, 9.17) is 10.9 Å². The summed E-state index contributed by atoms with van der Waals surface area (Å²) in [6.45, 7) is 3.27. The Morgan fingerprint density at radius 1 is 1.60 bits per heavy atom. The Balaban J connectivity index is 2.93. The number of anilines is 2. The van der Waals surface area contributed by atoms with Crippen LogP contribution >= 0.6 is 0 Å². The van der Waals surface area contributed by atoms with Crippen LogP contribution in [0.5, 0.6) is 0 Å². The molecule has 0 aromatic carbocycles. The smallest absolute Gasteiger partial charge is 0.239 e. The van der Waals surface area contributed by atoms with Crippen molar-refractivity contribution in [3.8, 4) is 0 Å². The molecule has 0 spiro atoms. The Labute approximate surface area is 86.7 Å². The molecule has 1 aromatic rings. The molecule has 5 N–H and O–H groups in total. The van der Waals surface area contributed by atoms with Gasteiger partial charge in [-0.3, -0.25) is 5.43 Å². The summed E-state index contributed by atoms with van der Waals surface area (Å²) < 4.78 is 13.2. The normalized spacial score (nSPS) is 11.3. The molecule has 0 aliphatic carbocycles. The first kappa shape index (κ1) is 11.6. The van der Waals surface area contributed by atoms with Crippen molar-refractivity contribution >= 4 is 11.8 Å². The molecule has 1 rings (SSSR count). The van der Waals surface area contributed by atoms with Gasteiger partial charge in [0, 0.05) is 0 Å². The number of aliphatic hydroxyl groups is 1. The van der Waals surface area contributed by atoms with Gasteiger partial charge in [0.1, 0.15) is 0 Å². The number of nitrogens with one attached hydrogen (secondary N) is 2. The van der Waals surface area contributed by atoms with Crippen LogP contribution in [-0.2, 0) is 0 Å². The van der Waals surface area contributed by atoms with Gasteiger partial charge in [0.05, 0.1) is 18.3 Å². The van der Waals surface area contributed by atoms with Crippen molar-refractivity contribution in [1.82, 2.24) is 9.97 Å². The summed E-state index contributed by atoms with van der Waals surface area (Å²) in [5, 5.41) is 11.7.